The maximum atomic E-state index is 13.3. The monoisotopic (exact) mass is 355 g/mol. The first-order valence-electron chi connectivity index (χ1n) is 6.62. The molecular weight excluding hydrogens is 347 g/mol. The fourth-order valence-electron chi connectivity index (χ4n) is 2.26. The van der Waals surface area contributed by atoms with Gasteiger partial charge in [0, 0.05) is 11.1 Å². The smallest absolute Gasteiger partial charge is 0.437 e. The molecule has 0 saturated carbocycles. The molecule has 0 spiro atoms. The highest BCUT2D eigenvalue weighted by atomic mass is 35.5. The maximum absolute atomic E-state index is 13.3. The van der Waals surface area contributed by atoms with Gasteiger partial charge in [-0.25, -0.2) is 0 Å². The molecule has 4 nitrogen and oxygen atoms in total. The molecule has 0 aliphatic carbocycles. The fourth-order valence-corrected chi connectivity index (χ4v) is 2.39. The zero-order chi connectivity index (χ0) is 17.5. The van der Waals surface area contributed by atoms with Crippen LogP contribution in [0.3, 0.4) is 0 Å². The second-order valence-corrected chi connectivity index (χ2v) is 5.38. The van der Waals surface area contributed by atoms with Crippen LogP contribution in [0.2, 0.25) is 5.02 Å². The third-order valence-corrected chi connectivity index (χ3v) is 3.57. The minimum atomic E-state index is -4.75. The lowest BCUT2D eigenvalue weighted by Crippen LogP contribution is -2.07. The molecule has 0 aliphatic heterocycles. The number of aromatic nitrogens is 1. The summed E-state index contributed by atoms with van der Waals surface area (Å²) in [6.45, 7) is 0. The Hall–Kier alpha value is -2.67. The van der Waals surface area contributed by atoms with Gasteiger partial charge in [-0.05, 0) is 29.8 Å². The molecule has 0 radical (unpaired) electrons. The quantitative estimate of drug-likeness (QED) is 0.671. The Morgan fingerprint density at radius 2 is 1.67 bits per heavy atom. The van der Waals surface area contributed by atoms with E-state index in [9.17, 15) is 23.4 Å². The molecule has 124 valence electrons. The number of phenols is 2. The van der Waals surface area contributed by atoms with Crippen molar-refractivity contribution in [3.63, 3.8) is 0 Å². The molecule has 1 aromatic heterocycles. The largest absolute Gasteiger partial charge is 0.508 e. The third kappa shape index (κ3) is 2.90. The lowest BCUT2D eigenvalue weighted by molar-refractivity contribution is -0.142. The van der Waals surface area contributed by atoms with E-state index in [-0.39, 0.29) is 28.2 Å². The Kier molecular flexibility index (Phi) is 3.88. The minimum absolute atomic E-state index is 0.0271. The summed E-state index contributed by atoms with van der Waals surface area (Å²) in [5.74, 6) is -0.933. The highest BCUT2D eigenvalue weighted by Crippen LogP contribution is 2.45. The van der Waals surface area contributed by atoms with Crippen molar-refractivity contribution in [1.82, 2.24) is 5.16 Å². The molecule has 0 fully saturated rings. The number of hydrogen-bond acceptors (Lipinski definition) is 4. The molecule has 0 atom stereocenters. The van der Waals surface area contributed by atoms with Gasteiger partial charge in [-0.2, -0.15) is 13.2 Å². The van der Waals surface area contributed by atoms with Gasteiger partial charge in [-0.15, -0.1) is 0 Å². The molecule has 0 saturated heterocycles. The van der Waals surface area contributed by atoms with Crippen molar-refractivity contribution in [3.05, 3.63) is 53.2 Å². The number of rotatable bonds is 2. The molecule has 3 aromatic rings. The van der Waals surface area contributed by atoms with Gasteiger partial charge >= 0.3 is 6.18 Å². The van der Waals surface area contributed by atoms with Crippen LogP contribution >= 0.6 is 11.6 Å². The van der Waals surface area contributed by atoms with E-state index in [0.29, 0.717) is 5.02 Å². The van der Waals surface area contributed by atoms with Crippen LogP contribution in [0.5, 0.6) is 11.5 Å². The van der Waals surface area contributed by atoms with Gasteiger partial charge < -0.3 is 14.7 Å². The molecule has 0 amide bonds. The summed E-state index contributed by atoms with van der Waals surface area (Å²) in [5, 5.41) is 22.7. The van der Waals surface area contributed by atoms with E-state index in [4.69, 9.17) is 16.1 Å². The van der Waals surface area contributed by atoms with Crippen LogP contribution in [-0.2, 0) is 6.18 Å². The van der Waals surface area contributed by atoms with Crippen LogP contribution < -0.4 is 0 Å². The van der Waals surface area contributed by atoms with Crippen LogP contribution in [0, 0.1) is 0 Å². The Morgan fingerprint density at radius 3 is 2.25 bits per heavy atom. The summed E-state index contributed by atoms with van der Waals surface area (Å²) in [7, 11) is 0. The number of benzene rings is 2. The average molecular weight is 356 g/mol. The van der Waals surface area contributed by atoms with Gasteiger partial charge in [0.25, 0.3) is 0 Å². The first-order chi connectivity index (χ1) is 11.3. The minimum Gasteiger partial charge on any atom is -0.508 e. The van der Waals surface area contributed by atoms with E-state index < -0.39 is 17.6 Å². The Labute approximate surface area is 138 Å². The average Bonchev–Trinajstić information content (AvgIpc) is 2.93. The van der Waals surface area contributed by atoms with E-state index >= 15 is 0 Å². The van der Waals surface area contributed by atoms with E-state index in [1.54, 1.807) is 0 Å². The highest BCUT2D eigenvalue weighted by Gasteiger charge is 2.40. The van der Waals surface area contributed by atoms with E-state index in [1.807, 2.05) is 0 Å². The number of phenolic OH excluding ortho intramolecular Hbond substituents is 2. The fraction of sp³-hybridized carbons (Fsp3) is 0.0625. The van der Waals surface area contributed by atoms with Gasteiger partial charge in [0.2, 0.25) is 0 Å². The molecular formula is C16H9ClF3NO3. The van der Waals surface area contributed by atoms with Crippen molar-refractivity contribution in [2.45, 2.75) is 6.18 Å². The van der Waals surface area contributed by atoms with Crippen molar-refractivity contribution in [2.24, 2.45) is 0 Å². The van der Waals surface area contributed by atoms with Crippen molar-refractivity contribution in [2.75, 3.05) is 0 Å². The van der Waals surface area contributed by atoms with Gasteiger partial charge in [-0.1, -0.05) is 28.9 Å². The number of alkyl halides is 3. The second kappa shape index (κ2) is 5.76. The van der Waals surface area contributed by atoms with Crippen molar-refractivity contribution in [3.8, 4) is 33.9 Å². The zero-order valence-electron chi connectivity index (χ0n) is 11.8. The van der Waals surface area contributed by atoms with Gasteiger partial charge in [0.15, 0.2) is 11.5 Å². The van der Waals surface area contributed by atoms with Crippen LogP contribution in [0.4, 0.5) is 13.2 Å². The molecule has 0 bridgehead atoms. The lowest BCUT2D eigenvalue weighted by Gasteiger charge is -2.08. The third-order valence-electron chi connectivity index (χ3n) is 3.32. The number of hydrogen-bond donors (Lipinski definition) is 2. The summed E-state index contributed by atoms with van der Waals surface area (Å²) in [4.78, 5) is 0. The molecule has 24 heavy (non-hydrogen) atoms. The molecule has 2 N–H and O–H groups in total. The van der Waals surface area contributed by atoms with Crippen LogP contribution in [0.1, 0.15) is 5.69 Å². The zero-order valence-corrected chi connectivity index (χ0v) is 12.6. The number of nitrogens with zero attached hydrogens (tertiary/aromatic N) is 1. The maximum Gasteiger partial charge on any atom is 0.437 e. The predicted octanol–water partition coefficient (Wildman–Crippen LogP) is 5.09. The molecule has 1 heterocycles. The first kappa shape index (κ1) is 16.2. The van der Waals surface area contributed by atoms with Gasteiger partial charge in [0.1, 0.15) is 11.5 Å². The molecule has 2 aromatic carbocycles. The number of halogens is 4. The second-order valence-electron chi connectivity index (χ2n) is 4.94. The topological polar surface area (TPSA) is 66.5 Å². The molecule has 0 unspecified atom stereocenters. The SMILES string of the molecule is Oc1ccc(-c2onc(C(F)(F)F)c2-c2ccc(Cl)cc2)c(O)c1. The highest BCUT2D eigenvalue weighted by molar-refractivity contribution is 6.30. The van der Waals surface area contributed by atoms with E-state index in [1.165, 1.54) is 36.4 Å². The number of aromatic hydroxyl groups is 2. The Morgan fingerprint density at radius 1 is 1.00 bits per heavy atom. The summed E-state index contributed by atoms with van der Waals surface area (Å²) < 4.78 is 44.6. The van der Waals surface area contributed by atoms with Gasteiger partial charge in [-0.3, -0.25) is 0 Å². The predicted molar refractivity (Wildman–Crippen MR) is 80.7 cm³/mol. The Balaban J connectivity index is 2.27. The van der Waals surface area contributed by atoms with E-state index in [2.05, 4.69) is 5.16 Å². The standard InChI is InChI=1S/C16H9ClF3NO3/c17-9-3-1-8(2-4-9)13-14(24-21-15(13)16(18,19)20)11-6-5-10(22)7-12(11)23/h1-7,22-23H. The van der Waals surface area contributed by atoms with Crippen molar-refractivity contribution >= 4 is 11.6 Å². The lowest BCUT2D eigenvalue weighted by atomic mass is 9.98. The summed E-state index contributed by atoms with van der Waals surface area (Å²) >= 11 is 5.77. The van der Waals surface area contributed by atoms with Crippen LogP contribution in [0.15, 0.2) is 47.0 Å². The first-order valence-corrected chi connectivity index (χ1v) is 7.00. The van der Waals surface area contributed by atoms with Crippen molar-refractivity contribution < 1.29 is 27.9 Å². The Bertz CT molecular complexity index is 889. The molecule has 0 aliphatic rings. The summed E-state index contributed by atoms with van der Waals surface area (Å²) in [5.41, 5.74) is -1.39. The van der Waals surface area contributed by atoms with E-state index in [0.717, 1.165) is 6.07 Å². The van der Waals surface area contributed by atoms with Gasteiger partial charge in [0.05, 0.1) is 11.1 Å². The van der Waals surface area contributed by atoms with Crippen LogP contribution in [0.25, 0.3) is 22.5 Å². The van der Waals surface area contributed by atoms with Crippen LogP contribution in [-0.4, -0.2) is 15.4 Å². The summed E-state index contributed by atoms with van der Waals surface area (Å²) in [6, 6.07) is 9.11. The van der Waals surface area contributed by atoms with Crippen molar-refractivity contribution in [1.29, 1.82) is 0 Å². The normalized spacial score (nSPS) is 11.7. The summed E-state index contributed by atoms with van der Waals surface area (Å²) in [6.07, 6.45) is -4.75. The molecule has 8 heteroatoms. The molecule has 3 rings (SSSR count).